The van der Waals surface area contributed by atoms with Gasteiger partial charge in [0.05, 0.1) is 6.67 Å². The summed E-state index contributed by atoms with van der Waals surface area (Å²) in [6.07, 6.45) is -23.3. The van der Waals surface area contributed by atoms with E-state index in [9.17, 15) is 43.5 Å². The van der Waals surface area contributed by atoms with Crippen LogP contribution in [0.1, 0.15) is 6.42 Å². The minimum atomic E-state index is -5.06. The van der Waals surface area contributed by atoms with Gasteiger partial charge in [-0.05, 0) is 0 Å². The van der Waals surface area contributed by atoms with Gasteiger partial charge in [0, 0.05) is 13.0 Å². The van der Waals surface area contributed by atoms with Gasteiger partial charge in [0.2, 0.25) is 0 Å². The van der Waals surface area contributed by atoms with Crippen LogP contribution in [0.4, 0.5) is 35.1 Å². The van der Waals surface area contributed by atoms with Crippen molar-refractivity contribution in [2.24, 2.45) is 5.73 Å². The quantitative estimate of drug-likeness (QED) is 0.304. The van der Waals surface area contributed by atoms with Crippen LogP contribution in [0.3, 0.4) is 0 Å². The van der Waals surface area contributed by atoms with Gasteiger partial charge >= 0.3 is 0 Å². The highest BCUT2D eigenvalue weighted by Gasteiger charge is 2.46. The second kappa shape index (κ2) is 13.3. The van der Waals surface area contributed by atoms with Crippen LogP contribution in [0.25, 0.3) is 0 Å². The third-order valence-corrected chi connectivity index (χ3v) is 3.57. The molecule has 0 aliphatic rings. The highest BCUT2D eigenvalue weighted by atomic mass is 32.2. The standard InChI is InChI=1S/C10H14F8O3S.C3H7N/c11-2-1-4(12)6(14)8(16)10(18)9(17)7(15)5(13)3-22(19,20)21;1-2-3-4/h4-10H,1-3H2,(H,19,20,21);2H,1,3-4H2. The first-order valence-corrected chi connectivity index (χ1v) is 8.75. The molecule has 0 aliphatic heterocycles. The molecule has 7 unspecified atom stereocenters. The minimum Gasteiger partial charge on any atom is -0.327 e. The molecule has 0 aromatic carbocycles. The molecule has 0 spiro atoms. The molecule has 3 N–H and O–H groups in total. The summed E-state index contributed by atoms with van der Waals surface area (Å²) >= 11 is 0. The summed E-state index contributed by atoms with van der Waals surface area (Å²) in [6, 6.07) is 0. The predicted octanol–water partition coefficient (Wildman–Crippen LogP) is 2.73. The van der Waals surface area contributed by atoms with Crippen molar-refractivity contribution >= 4 is 10.1 Å². The Bertz CT molecular complexity index is 484. The first-order chi connectivity index (χ1) is 11.8. The van der Waals surface area contributed by atoms with Crippen LogP contribution in [0, 0.1) is 0 Å². The molecule has 26 heavy (non-hydrogen) atoms. The van der Waals surface area contributed by atoms with Crippen LogP contribution in [0.15, 0.2) is 12.7 Å². The lowest BCUT2D eigenvalue weighted by molar-refractivity contribution is -0.0340. The Labute approximate surface area is 146 Å². The molecule has 0 radical (unpaired) electrons. The van der Waals surface area contributed by atoms with Crippen molar-refractivity contribution in [3.63, 3.8) is 0 Å². The molecular weight excluding hydrogens is 402 g/mol. The number of rotatable bonds is 11. The molecule has 0 aromatic rings. The van der Waals surface area contributed by atoms with Crippen molar-refractivity contribution in [3.8, 4) is 0 Å². The Hall–Kier alpha value is -0.950. The topological polar surface area (TPSA) is 80.4 Å². The highest BCUT2D eigenvalue weighted by molar-refractivity contribution is 7.85. The predicted molar refractivity (Wildman–Crippen MR) is 80.5 cm³/mol. The lowest BCUT2D eigenvalue weighted by atomic mass is 9.99. The Morgan fingerprint density at radius 1 is 0.885 bits per heavy atom. The average molecular weight is 423 g/mol. The first-order valence-electron chi connectivity index (χ1n) is 7.14. The van der Waals surface area contributed by atoms with Crippen LogP contribution in [-0.2, 0) is 10.1 Å². The first kappa shape index (κ1) is 27.3. The molecule has 0 saturated carbocycles. The van der Waals surface area contributed by atoms with Gasteiger partial charge in [0.15, 0.2) is 37.0 Å². The Morgan fingerprint density at radius 2 is 1.23 bits per heavy atom. The van der Waals surface area contributed by atoms with Gasteiger partial charge in [-0.25, -0.2) is 30.7 Å². The summed E-state index contributed by atoms with van der Waals surface area (Å²) in [6.45, 7) is 2.53. The number of halogens is 8. The second-order valence-electron chi connectivity index (χ2n) is 5.00. The Morgan fingerprint density at radius 3 is 1.54 bits per heavy atom. The summed E-state index contributed by atoms with van der Waals surface area (Å²) < 4.78 is 132. The largest absolute Gasteiger partial charge is 0.327 e. The third kappa shape index (κ3) is 10.9. The van der Waals surface area contributed by atoms with Crippen LogP contribution >= 0.6 is 0 Å². The fourth-order valence-corrected chi connectivity index (χ4v) is 2.07. The molecule has 0 fully saturated rings. The van der Waals surface area contributed by atoms with E-state index in [2.05, 4.69) is 6.58 Å². The van der Waals surface area contributed by atoms with Gasteiger partial charge in [-0.3, -0.25) is 8.94 Å². The number of hydrogen-bond donors (Lipinski definition) is 2. The molecule has 4 nitrogen and oxygen atoms in total. The minimum absolute atomic E-state index is 0.583. The van der Waals surface area contributed by atoms with E-state index in [1.165, 1.54) is 0 Å². The van der Waals surface area contributed by atoms with E-state index in [0.717, 1.165) is 0 Å². The van der Waals surface area contributed by atoms with Gasteiger partial charge in [-0.2, -0.15) is 8.42 Å². The normalized spacial score (nSPS) is 19.9. The summed E-state index contributed by atoms with van der Waals surface area (Å²) in [5.74, 6) is -1.93. The van der Waals surface area contributed by atoms with Gasteiger partial charge < -0.3 is 5.73 Å². The molecule has 0 amide bonds. The maximum Gasteiger partial charge on any atom is 0.267 e. The number of nitrogens with two attached hydrogens (primary N) is 1. The summed E-state index contributed by atoms with van der Waals surface area (Å²) in [4.78, 5) is 0. The third-order valence-electron chi connectivity index (χ3n) is 2.83. The summed E-state index contributed by atoms with van der Waals surface area (Å²) in [7, 11) is -5.06. The fourth-order valence-electron chi connectivity index (χ4n) is 1.48. The van der Waals surface area contributed by atoms with E-state index in [-0.39, 0.29) is 0 Å². The molecule has 0 saturated heterocycles. The van der Waals surface area contributed by atoms with Gasteiger partial charge in [0.1, 0.15) is 11.9 Å². The average Bonchev–Trinajstić information content (AvgIpc) is 2.57. The van der Waals surface area contributed by atoms with E-state index >= 15 is 0 Å². The lowest BCUT2D eigenvalue weighted by Gasteiger charge is -2.25. The smallest absolute Gasteiger partial charge is 0.267 e. The van der Waals surface area contributed by atoms with Gasteiger partial charge in [-0.15, -0.1) is 6.58 Å². The highest BCUT2D eigenvalue weighted by Crippen LogP contribution is 2.27. The van der Waals surface area contributed by atoms with Crippen molar-refractivity contribution < 1.29 is 48.1 Å². The molecule has 0 aromatic heterocycles. The SMILES string of the molecule is C=CCN.O=S(=O)(O)CC(F)C(F)C(F)C(F)C(F)C(F)C(F)CCF. The summed E-state index contributed by atoms with van der Waals surface area (Å²) in [5.41, 5.74) is 4.91. The lowest BCUT2D eigenvalue weighted by Crippen LogP contribution is -2.46. The van der Waals surface area contributed by atoms with Crippen LogP contribution in [0.5, 0.6) is 0 Å². The monoisotopic (exact) mass is 423 g/mol. The molecule has 7 atom stereocenters. The Kier molecular flexibility index (Phi) is 13.9. The van der Waals surface area contributed by atoms with Crippen molar-refractivity contribution in [1.82, 2.24) is 0 Å². The Balaban J connectivity index is 0. The van der Waals surface area contributed by atoms with Crippen molar-refractivity contribution in [2.75, 3.05) is 19.0 Å². The zero-order chi connectivity index (χ0) is 21.1. The van der Waals surface area contributed by atoms with Crippen molar-refractivity contribution in [1.29, 1.82) is 0 Å². The van der Waals surface area contributed by atoms with Crippen molar-refractivity contribution in [3.05, 3.63) is 12.7 Å². The maximum atomic E-state index is 13.2. The number of alkyl halides is 8. The van der Waals surface area contributed by atoms with E-state index in [1.807, 2.05) is 0 Å². The van der Waals surface area contributed by atoms with E-state index in [0.29, 0.717) is 6.54 Å². The van der Waals surface area contributed by atoms with E-state index in [4.69, 9.17) is 10.3 Å². The molecule has 0 heterocycles. The van der Waals surface area contributed by atoms with Crippen LogP contribution in [-0.4, -0.2) is 75.1 Å². The van der Waals surface area contributed by atoms with Gasteiger partial charge in [-0.1, -0.05) is 6.08 Å². The maximum absolute atomic E-state index is 13.2. The van der Waals surface area contributed by atoms with Crippen LogP contribution in [0.2, 0.25) is 0 Å². The number of hydrogen-bond acceptors (Lipinski definition) is 3. The molecule has 0 bridgehead atoms. The zero-order valence-electron chi connectivity index (χ0n) is 13.4. The zero-order valence-corrected chi connectivity index (χ0v) is 14.2. The van der Waals surface area contributed by atoms with Gasteiger partial charge in [0.25, 0.3) is 10.1 Å². The molecule has 13 heteroatoms. The van der Waals surface area contributed by atoms with E-state index in [1.54, 1.807) is 6.08 Å². The fraction of sp³-hybridized carbons (Fsp3) is 0.846. The van der Waals surface area contributed by atoms with Crippen LogP contribution < -0.4 is 5.73 Å². The second-order valence-corrected chi connectivity index (χ2v) is 6.50. The van der Waals surface area contributed by atoms with E-state index < -0.39 is 72.2 Å². The van der Waals surface area contributed by atoms with Crippen molar-refractivity contribution in [2.45, 2.75) is 49.6 Å². The molecular formula is C13H21F8NO3S. The molecule has 0 aliphatic carbocycles. The summed E-state index contributed by atoms with van der Waals surface area (Å²) in [5, 5.41) is 0. The molecule has 158 valence electrons. The molecule has 0 rings (SSSR count).